The van der Waals surface area contributed by atoms with Crippen molar-refractivity contribution in [2.24, 2.45) is 0 Å². The van der Waals surface area contributed by atoms with Gasteiger partial charge in [0.1, 0.15) is 23.1 Å². The van der Waals surface area contributed by atoms with E-state index >= 15 is 0 Å². The lowest BCUT2D eigenvalue weighted by Gasteiger charge is -2.34. The molecule has 1 aromatic heterocycles. The Labute approximate surface area is 212 Å². The summed E-state index contributed by atoms with van der Waals surface area (Å²) in [6.45, 7) is 0. The number of carbonyl (C=O) groups is 2. The lowest BCUT2D eigenvalue weighted by atomic mass is 9.84. The third-order valence-corrected chi connectivity index (χ3v) is 6.03. The molecular weight excluding hydrogens is 483 g/mol. The molecule has 2 amide bonds. The summed E-state index contributed by atoms with van der Waals surface area (Å²) < 4.78 is 24.0. The fourth-order valence-electron chi connectivity index (χ4n) is 3.87. The van der Waals surface area contributed by atoms with Crippen LogP contribution in [0.15, 0.2) is 73.1 Å². The number of methoxy groups -OCH3 is 2. The highest BCUT2D eigenvalue weighted by atomic mass is 32.1. The number of carbonyl (C=O) groups excluding carboxylic acids is 2. The molecule has 184 valence electrons. The molecule has 4 rings (SSSR count). The van der Waals surface area contributed by atoms with Crippen LogP contribution in [0.4, 0.5) is 10.2 Å². The van der Waals surface area contributed by atoms with E-state index in [0.717, 1.165) is 5.56 Å². The molecule has 3 aromatic rings. The summed E-state index contributed by atoms with van der Waals surface area (Å²) >= 11 is 5.45. The van der Waals surface area contributed by atoms with Gasteiger partial charge in [-0.1, -0.05) is 24.3 Å². The molecule has 36 heavy (non-hydrogen) atoms. The maximum atomic E-state index is 13.8. The van der Waals surface area contributed by atoms with Crippen LogP contribution in [0.3, 0.4) is 0 Å². The van der Waals surface area contributed by atoms with Gasteiger partial charge >= 0.3 is 0 Å². The Kier molecular flexibility index (Phi) is 7.25. The zero-order chi connectivity index (χ0) is 25.7. The number of pyridine rings is 1. The Bertz CT molecular complexity index is 1300. The Morgan fingerprint density at radius 3 is 2.36 bits per heavy atom. The minimum atomic E-state index is -1.55. The predicted molar refractivity (Wildman–Crippen MR) is 137 cm³/mol. The van der Waals surface area contributed by atoms with E-state index < -0.39 is 23.2 Å². The van der Waals surface area contributed by atoms with Gasteiger partial charge in [0.2, 0.25) is 5.91 Å². The normalized spacial score (nSPS) is 17.2. The van der Waals surface area contributed by atoms with Crippen molar-refractivity contribution in [1.82, 2.24) is 15.2 Å². The number of halogens is 1. The number of nitrogens with zero attached hydrogens (tertiary/aromatic N) is 2. The maximum Gasteiger partial charge on any atom is 0.257 e. The first-order chi connectivity index (χ1) is 17.3. The quantitative estimate of drug-likeness (QED) is 0.449. The molecule has 1 fully saturated rings. The molecule has 0 bridgehead atoms. The van der Waals surface area contributed by atoms with E-state index in [4.69, 9.17) is 21.7 Å². The van der Waals surface area contributed by atoms with Gasteiger partial charge in [-0.05, 0) is 65.8 Å². The van der Waals surface area contributed by atoms with Crippen molar-refractivity contribution < 1.29 is 23.5 Å². The van der Waals surface area contributed by atoms with Gasteiger partial charge in [-0.2, -0.15) is 0 Å². The van der Waals surface area contributed by atoms with Crippen molar-refractivity contribution in [2.75, 3.05) is 19.5 Å². The lowest BCUT2D eigenvalue weighted by Crippen LogP contribution is -2.47. The molecule has 10 heteroatoms. The molecule has 0 saturated carbocycles. The van der Waals surface area contributed by atoms with Gasteiger partial charge in [-0.15, -0.1) is 0 Å². The Balaban J connectivity index is 1.69. The molecule has 0 radical (unpaired) electrons. The zero-order valence-electron chi connectivity index (χ0n) is 19.5. The average molecular weight is 507 g/mol. The van der Waals surface area contributed by atoms with E-state index in [9.17, 15) is 14.0 Å². The number of hydrogen-bond acceptors (Lipinski definition) is 6. The average Bonchev–Trinajstić information content (AvgIpc) is 3.12. The van der Waals surface area contributed by atoms with Gasteiger partial charge in [0.15, 0.2) is 10.7 Å². The van der Waals surface area contributed by atoms with Gasteiger partial charge in [-0.3, -0.25) is 9.59 Å². The Morgan fingerprint density at radius 1 is 1.08 bits per heavy atom. The number of aromatic nitrogens is 1. The van der Waals surface area contributed by atoms with Gasteiger partial charge < -0.3 is 25.0 Å². The number of hydrogen-bond donors (Lipinski definition) is 2. The standard InChI is InChI=1S/C26H23FN4O4S/c1-34-20-9-3-17(4-10-20)13-14-31-25(36)30-24(33)26(31,18-5-7-19(27)8-6-18)15-23(32)29-22-12-11-21(35-2)16-28-22/h3-14,16H,15H2,1-2H3,(H,28,29,32)(H,30,33,36). The van der Waals surface area contributed by atoms with Gasteiger partial charge in [0.05, 0.1) is 26.8 Å². The van der Waals surface area contributed by atoms with Crippen LogP contribution in [0.25, 0.3) is 6.08 Å². The fraction of sp³-hybridized carbons (Fsp3) is 0.154. The smallest absolute Gasteiger partial charge is 0.257 e. The second kappa shape index (κ2) is 10.5. The summed E-state index contributed by atoms with van der Waals surface area (Å²) in [6.07, 6.45) is 4.54. The zero-order valence-corrected chi connectivity index (χ0v) is 20.3. The minimum Gasteiger partial charge on any atom is -0.497 e. The molecule has 1 atom stereocenters. The van der Waals surface area contributed by atoms with Crippen LogP contribution >= 0.6 is 12.2 Å². The SMILES string of the molecule is COc1ccc(C=CN2C(=S)NC(=O)C2(CC(=O)Nc2ccc(OC)cn2)c2ccc(F)cc2)cc1. The minimum absolute atomic E-state index is 0.115. The van der Waals surface area contributed by atoms with E-state index in [1.165, 1.54) is 42.5 Å². The van der Waals surface area contributed by atoms with Crippen LogP contribution < -0.4 is 20.1 Å². The summed E-state index contributed by atoms with van der Waals surface area (Å²) in [6, 6.07) is 15.9. The largest absolute Gasteiger partial charge is 0.497 e. The Morgan fingerprint density at radius 2 is 1.75 bits per heavy atom. The molecule has 2 N–H and O–H groups in total. The molecule has 2 heterocycles. The summed E-state index contributed by atoms with van der Waals surface area (Å²) in [7, 11) is 3.09. The summed E-state index contributed by atoms with van der Waals surface area (Å²) in [4.78, 5) is 32.2. The molecule has 0 aliphatic carbocycles. The van der Waals surface area contributed by atoms with Crippen LogP contribution in [0, 0.1) is 5.82 Å². The van der Waals surface area contributed by atoms with Crippen molar-refractivity contribution in [1.29, 1.82) is 0 Å². The van der Waals surface area contributed by atoms with Crippen molar-refractivity contribution in [3.63, 3.8) is 0 Å². The number of nitrogens with one attached hydrogen (secondary N) is 2. The number of ether oxygens (including phenoxy) is 2. The number of benzene rings is 2. The highest BCUT2D eigenvalue weighted by Gasteiger charge is 2.53. The highest BCUT2D eigenvalue weighted by molar-refractivity contribution is 7.80. The van der Waals surface area contributed by atoms with E-state index in [1.54, 1.807) is 43.7 Å². The maximum absolute atomic E-state index is 13.8. The second-order valence-corrected chi connectivity index (χ2v) is 8.28. The molecule has 1 aliphatic rings. The van der Waals surface area contributed by atoms with Crippen molar-refractivity contribution in [3.8, 4) is 11.5 Å². The van der Waals surface area contributed by atoms with E-state index in [2.05, 4.69) is 15.6 Å². The first kappa shape index (κ1) is 24.8. The molecule has 8 nitrogen and oxygen atoms in total. The van der Waals surface area contributed by atoms with E-state index in [0.29, 0.717) is 17.1 Å². The summed E-state index contributed by atoms with van der Waals surface area (Å²) in [5.41, 5.74) is -0.332. The number of amides is 2. The van der Waals surface area contributed by atoms with Crippen molar-refractivity contribution in [3.05, 3.63) is 90.0 Å². The van der Waals surface area contributed by atoms with Gasteiger partial charge in [0.25, 0.3) is 5.91 Å². The van der Waals surface area contributed by atoms with Crippen molar-refractivity contribution >= 4 is 41.0 Å². The fourth-order valence-corrected chi connectivity index (χ4v) is 4.18. The van der Waals surface area contributed by atoms with Crippen LogP contribution in [-0.4, -0.2) is 41.0 Å². The molecule has 1 saturated heterocycles. The summed E-state index contributed by atoms with van der Waals surface area (Å²) in [5, 5.41) is 5.47. The summed E-state index contributed by atoms with van der Waals surface area (Å²) in [5.74, 6) is 0.0609. The Hall–Kier alpha value is -4.31. The molecular formula is C26H23FN4O4S. The second-order valence-electron chi connectivity index (χ2n) is 7.89. The lowest BCUT2D eigenvalue weighted by molar-refractivity contribution is -0.131. The van der Waals surface area contributed by atoms with Crippen LogP contribution in [-0.2, 0) is 15.1 Å². The van der Waals surface area contributed by atoms with E-state index in [1.807, 2.05) is 12.1 Å². The third-order valence-electron chi connectivity index (χ3n) is 5.74. The van der Waals surface area contributed by atoms with Crippen LogP contribution in [0.1, 0.15) is 17.5 Å². The predicted octanol–water partition coefficient (Wildman–Crippen LogP) is 3.85. The number of thiocarbonyl (C=S) groups is 1. The number of anilines is 1. The van der Waals surface area contributed by atoms with Gasteiger partial charge in [0, 0.05) is 6.20 Å². The highest BCUT2D eigenvalue weighted by Crippen LogP contribution is 2.38. The van der Waals surface area contributed by atoms with Crippen molar-refractivity contribution in [2.45, 2.75) is 12.0 Å². The molecule has 2 aromatic carbocycles. The molecule has 1 unspecified atom stereocenters. The van der Waals surface area contributed by atoms with Gasteiger partial charge in [-0.25, -0.2) is 9.37 Å². The first-order valence-corrected chi connectivity index (χ1v) is 11.3. The van der Waals surface area contributed by atoms with Crippen LogP contribution in [0.5, 0.6) is 11.5 Å². The van der Waals surface area contributed by atoms with Crippen LogP contribution in [0.2, 0.25) is 0 Å². The topological polar surface area (TPSA) is 92.8 Å². The first-order valence-electron chi connectivity index (χ1n) is 10.9. The third kappa shape index (κ3) is 5.03. The molecule has 1 aliphatic heterocycles. The molecule has 0 spiro atoms. The van der Waals surface area contributed by atoms with E-state index in [-0.39, 0.29) is 17.4 Å². The number of rotatable bonds is 8. The monoisotopic (exact) mass is 506 g/mol.